The molecule has 0 unspecified atom stereocenters. The van der Waals surface area contributed by atoms with E-state index in [-0.39, 0.29) is 0 Å². The van der Waals surface area contributed by atoms with Crippen molar-refractivity contribution in [3.8, 4) is 0 Å². The van der Waals surface area contributed by atoms with Crippen molar-refractivity contribution >= 4 is 11.8 Å². The molecular formula is C14H23NS. The van der Waals surface area contributed by atoms with Gasteiger partial charge in [0, 0.05) is 10.6 Å². The molecule has 2 heteroatoms. The zero-order valence-electron chi connectivity index (χ0n) is 10.8. The molecule has 1 N–H and O–H groups in total. The third-order valence-corrected chi connectivity index (χ3v) is 3.98. The van der Waals surface area contributed by atoms with Gasteiger partial charge in [0.25, 0.3) is 0 Å². The van der Waals surface area contributed by atoms with Gasteiger partial charge >= 0.3 is 0 Å². The molecule has 0 aliphatic carbocycles. The van der Waals surface area contributed by atoms with E-state index in [4.69, 9.17) is 0 Å². The third-order valence-electron chi connectivity index (χ3n) is 2.43. The van der Waals surface area contributed by atoms with Crippen LogP contribution in [-0.4, -0.2) is 19.3 Å². The highest BCUT2D eigenvalue weighted by molar-refractivity contribution is 7.99. The van der Waals surface area contributed by atoms with Gasteiger partial charge in [-0.25, -0.2) is 0 Å². The average Bonchev–Trinajstić information content (AvgIpc) is 2.24. The number of aryl methyl sites for hydroxylation is 1. The van der Waals surface area contributed by atoms with Crippen molar-refractivity contribution in [1.29, 1.82) is 0 Å². The Bertz CT molecular complexity index is 321. The van der Waals surface area contributed by atoms with E-state index in [2.05, 4.69) is 44.3 Å². The predicted octanol–water partition coefficient (Wildman–Crippen LogP) is 3.51. The highest BCUT2D eigenvalue weighted by atomic mass is 32.2. The molecule has 1 nitrogen and oxygen atoms in total. The van der Waals surface area contributed by atoms with Crippen LogP contribution in [0.1, 0.15) is 25.0 Å². The molecule has 0 radical (unpaired) electrons. The first-order valence-electron chi connectivity index (χ1n) is 6.00. The van der Waals surface area contributed by atoms with Gasteiger partial charge in [0.15, 0.2) is 0 Å². The summed E-state index contributed by atoms with van der Waals surface area (Å²) in [6.45, 7) is 7.77. The SMILES string of the molecule is CNCCc1cc(C)ccc1SCC(C)C. The highest BCUT2D eigenvalue weighted by Crippen LogP contribution is 2.26. The fourth-order valence-corrected chi connectivity index (χ4v) is 2.58. The molecule has 1 aromatic rings. The Kier molecular flexibility index (Phi) is 5.93. The van der Waals surface area contributed by atoms with E-state index in [1.54, 1.807) is 0 Å². The molecule has 0 amide bonds. The van der Waals surface area contributed by atoms with Gasteiger partial charge in [0.1, 0.15) is 0 Å². The quantitative estimate of drug-likeness (QED) is 0.760. The molecule has 1 rings (SSSR count). The lowest BCUT2D eigenvalue weighted by Gasteiger charge is -2.11. The summed E-state index contributed by atoms with van der Waals surface area (Å²) in [7, 11) is 2.01. The van der Waals surface area contributed by atoms with Crippen molar-refractivity contribution in [2.45, 2.75) is 32.1 Å². The Morgan fingerprint density at radius 3 is 2.69 bits per heavy atom. The molecule has 0 aliphatic rings. The molecule has 0 saturated carbocycles. The lowest BCUT2D eigenvalue weighted by Crippen LogP contribution is -2.11. The average molecular weight is 237 g/mol. The van der Waals surface area contributed by atoms with Gasteiger partial charge in [0.2, 0.25) is 0 Å². The zero-order chi connectivity index (χ0) is 12.0. The number of nitrogens with one attached hydrogen (secondary N) is 1. The van der Waals surface area contributed by atoms with Crippen molar-refractivity contribution in [3.63, 3.8) is 0 Å². The minimum Gasteiger partial charge on any atom is -0.319 e. The minimum absolute atomic E-state index is 0.753. The van der Waals surface area contributed by atoms with E-state index in [1.165, 1.54) is 21.8 Å². The van der Waals surface area contributed by atoms with Crippen molar-refractivity contribution < 1.29 is 0 Å². The van der Waals surface area contributed by atoms with E-state index in [1.807, 2.05) is 18.8 Å². The summed E-state index contributed by atoms with van der Waals surface area (Å²) >= 11 is 1.99. The van der Waals surface area contributed by atoms with Crippen LogP contribution in [0.5, 0.6) is 0 Å². The smallest absolute Gasteiger partial charge is 0.0105 e. The molecule has 0 bridgehead atoms. The maximum Gasteiger partial charge on any atom is 0.0105 e. The Morgan fingerprint density at radius 2 is 2.06 bits per heavy atom. The van der Waals surface area contributed by atoms with E-state index in [0.717, 1.165) is 18.9 Å². The number of hydrogen-bond donors (Lipinski definition) is 1. The van der Waals surface area contributed by atoms with Crippen LogP contribution in [-0.2, 0) is 6.42 Å². The summed E-state index contributed by atoms with van der Waals surface area (Å²) in [5, 5.41) is 3.22. The highest BCUT2D eigenvalue weighted by Gasteiger charge is 2.04. The van der Waals surface area contributed by atoms with Crippen LogP contribution in [0.25, 0.3) is 0 Å². The summed E-state index contributed by atoms with van der Waals surface area (Å²) < 4.78 is 0. The van der Waals surface area contributed by atoms with Crippen LogP contribution < -0.4 is 5.32 Å². The van der Waals surface area contributed by atoms with Crippen LogP contribution >= 0.6 is 11.8 Å². The van der Waals surface area contributed by atoms with Gasteiger partial charge < -0.3 is 5.32 Å². The fraction of sp³-hybridized carbons (Fsp3) is 0.571. The summed E-state index contributed by atoms with van der Waals surface area (Å²) in [5.41, 5.74) is 2.85. The first-order valence-corrected chi connectivity index (χ1v) is 6.99. The maximum atomic E-state index is 3.22. The molecule has 0 atom stereocenters. The Labute approximate surface area is 104 Å². The predicted molar refractivity (Wildman–Crippen MR) is 74.4 cm³/mol. The van der Waals surface area contributed by atoms with Gasteiger partial charge in [-0.15, -0.1) is 11.8 Å². The van der Waals surface area contributed by atoms with Crippen LogP contribution in [0.15, 0.2) is 23.1 Å². The second kappa shape index (κ2) is 6.97. The molecule has 0 heterocycles. The van der Waals surface area contributed by atoms with Crippen LogP contribution in [0.4, 0.5) is 0 Å². The van der Waals surface area contributed by atoms with Crippen molar-refractivity contribution in [2.75, 3.05) is 19.3 Å². The molecule has 0 spiro atoms. The topological polar surface area (TPSA) is 12.0 Å². The molecule has 16 heavy (non-hydrogen) atoms. The standard InChI is InChI=1S/C14H23NS/c1-11(2)10-16-14-6-5-12(3)9-13(14)7-8-15-4/h5-6,9,11,15H,7-8,10H2,1-4H3. The minimum atomic E-state index is 0.753. The van der Waals surface area contributed by atoms with Crippen LogP contribution in [0.3, 0.4) is 0 Å². The van der Waals surface area contributed by atoms with Gasteiger partial charge in [-0.1, -0.05) is 31.5 Å². The van der Waals surface area contributed by atoms with Gasteiger partial charge in [-0.05, 0) is 44.5 Å². The fourth-order valence-electron chi connectivity index (χ4n) is 1.56. The van der Waals surface area contributed by atoms with Gasteiger partial charge in [-0.3, -0.25) is 0 Å². The number of thioether (sulfide) groups is 1. The summed E-state index contributed by atoms with van der Waals surface area (Å²) in [6.07, 6.45) is 1.12. The first kappa shape index (κ1) is 13.6. The monoisotopic (exact) mass is 237 g/mol. The number of hydrogen-bond acceptors (Lipinski definition) is 2. The summed E-state index contributed by atoms with van der Waals surface area (Å²) in [4.78, 5) is 1.45. The Morgan fingerprint density at radius 1 is 1.31 bits per heavy atom. The van der Waals surface area contributed by atoms with Crippen molar-refractivity contribution in [3.05, 3.63) is 29.3 Å². The van der Waals surface area contributed by atoms with Crippen molar-refractivity contribution in [1.82, 2.24) is 5.32 Å². The van der Waals surface area contributed by atoms with E-state index >= 15 is 0 Å². The number of likely N-dealkylation sites (N-methyl/N-ethyl adjacent to an activating group) is 1. The zero-order valence-corrected chi connectivity index (χ0v) is 11.7. The Balaban J connectivity index is 2.72. The third kappa shape index (κ3) is 4.58. The lowest BCUT2D eigenvalue weighted by molar-refractivity contribution is 0.749. The molecule has 90 valence electrons. The molecule has 0 aliphatic heterocycles. The van der Waals surface area contributed by atoms with E-state index in [0.29, 0.717) is 0 Å². The second-order valence-corrected chi connectivity index (χ2v) is 5.73. The maximum absolute atomic E-state index is 3.22. The van der Waals surface area contributed by atoms with E-state index in [9.17, 15) is 0 Å². The molecular weight excluding hydrogens is 214 g/mol. The molecule has 0 aromatic heterocycles. The van der Waals surface area contributed by atoms with Crippen LogP contribution in [0, 0.1) is 12.8 Å². The first-order chi connectivity index (χ1) is 7.63. The molecule has 0 saturated heterocycles. The normalized spacial score (nSPS) is 11.1. The lowest BCUT2D eigenvalue weighted by atomic mass is 10.1. The summed E-state index contributed by atoms with van der Waals surface area (Å²) in [6, 6.07) is 6.80. The largest absolute Gasteiger partial charge is 0.319 e. The van der Waals surface area contributed by atoms with Crippen LogP contribution in [0.2, 0.25) is 0 Å². The second-order valence-electron chi connectivity index (χ2n) is 4.67. The van der Waals surface area contributed by atoms with Crippen molar-refractivity contribution in [2.24, 2.45) is 5.92 Å². The van der Waals surface area contributed by atoms with Gasteiger partial charge in [0.05, 0.1) is 0 Å². The Hall–Kier alpha value is -0.470. The number of benzene rings is 1. The van der Waals surface area contributed by atoms with E-state index < -0.39 is 0 Å². The van der Waals surface area contributed by atoms with Gasteiger partial charge in [-0.2, -0.15) is 0 Å². The summed E-state index contributed by atoms with van der Waals surface area (Å²) in [5.74, 6) is 1.96. The molecule has 1 aromatic carbocycles. The number of rotatable bonds is 6. The molecule has 0 fully saturated rings.